The zero-order valence-corrected chi connectivity index (χ0v) is 17.1. The minimum absolute atomic E-state index is 0.116. The summed E-state index contributed by atoms with van der Waals surface area (Å²) in [6.07, 6.45) is 0.879. The number of anilines is 1. The van der Waals surface area contributed by atoms with Crippen LogP contribution in [0.5, 0.6) is 0 Å². The molecule has 1 atom stereocenters. The summed E-state index contributed by atoms with van der Waals surface area (Å²) in [6.45, 7) is 8.68. The second-order valence-corrected chi connectivity index (χ2v) is 8.28. The lowest BCUT2D eigenvalue weighted by Gasteiger charge is -2.23. The molecule has 1 aromatic carbocycles. The maximum atomic E-state index is 13.1. The largest absolute Gasteiger partial charge is 0.340 e. The molecule has 0 saturated carbocycles. The third-order valence-corrected chi connectivity index (χ3v) is 5.83. The van der Waals surface area contributed by atoms with Gasteiger partial charge in [0.25, 0.3) is 5.91 Å². The van der Waals surface area contributed by atoms with Crippen LogP contribution in [-0.2, 0) is 17.8 Å². The fourth-order valence-corrected chi connectivity index (χ4v) is 4.17. The smallest absolute Gasteiger partial charge is 0.251 e. The van der Waals surface area contributed by atoms with Crippen molar-refractivity contribution in [3.8, 4) is 0 Å². The van der Waals surface area contributed by atoms with Crippen LogP contribution in [0.3, 0.4) is 0 Å². The Bertz CT molecular complexity index is 850. The Labute approximate surface area is 168 Å². The highest BCUT2D eigenvalue weighted by atomic mass is 32.1. The lowest BCUT2D eigenvalue weighted by atomic mass is 10.0. The van der Waals surface area contributed by atoms with E-state index in [1.165, 1.54) is 40.5 Å². The van der Waals surface area contributed by atoms with Gasteiger partial charge in [0.1, 0.15) is 11.9 Å². The van der Waals surface area contributed by atoms with Gasteiger partial charge in [-0.3, -0.25) is 14.5 Å². The van der Waals surface area contributed by atoms with Crippen LogP contribution in [0, 0.1) is 11.7 Å². The molecule has 28 heavy (non-hydrogen) atoms. The number of nitrogens with one attached hydrogen (secondary N) is 2. The summed E-state index contributed by atoms with van der Waals surface area (Å²) in [7, 11) is 0. The number of likely N-dealkylation sites (N-methyl/N-ethyl adjacent to an activating group) is 1. The number of thiazole rings is 1. The predicted octanol–water partition coefficient (Wildman–Crippen LogP) is 3.05. The number of fused-ring (bicyclic) bond motifs is 1. The first-order valence-electron chi connectivity index (χ1n) is 9.45. The summed E-state index contributed by atoms with van der Waals surface area (Å²) >= 11 is 1.49. The molecule has 0 aliphatic carbocycles. The Kier molecular flexibility index (Phi) is 6.41. The molecule has 0 spiro atoms. The molecule has 1 aliphatic rings. The minimum Gasteiger partial charge on any atom is -0.340 e. The number of benzene rings is 1. The van der Waals surface area contributed by atoms with Gasteiger partial charge in [0.15, 0.2) is 5.13 Å². The third-order valence-electron chi connectivity index (χ3n) is 4.83. The molecule has 0 radical (unpaired) electrons. The van der Waals surface area contributed by atoms with Crippen LogP contribution in [0.2, 0.25) is 0 Å². The Morgan fingerprint density at radius 1 is 1.29 bits per heavy atom. The monoisotopic (exact) mass is 404 g/mol. The van der Waals surface area contributed by atoms with Crippen molar-refractivity contribution in [3.05, 3.63) is 46.2 Å². The molecule has 1 aliphatic heterocycles. The number of carbonyl (C=O) groups is 2. The third kappa shape index (κ3) is 4.74. The maximum Gasteiger partial charge on any atom is 0.251 e. The van der Waals surface area contributed by atoms with Crippen molar-refractivity contribution in [1.82, 2.24) is 15.2 Å². The van der Waals surface area contributed by atoms with E-state index < -0.39 is 17.8 Å². The van der Waals surface area contributed by atoms with Gasteiger partial charge in [-0.15, -0.1) is 11.3 Å². The van der Waals surface area contributed by atoms with E-state index in [4.69, 9.17) is 0 Å². The lowest BCUT2D eigenvalue weighted by molar-refractivity contribution is -0.118. The van der Waals surface area contributed by atoms with Crippen LogP contribution < -0.4 is 10.6 Å². The zero-order chi connectivity index (χ0) is 20.3. The first-order valence-corrected chi connectivity index (χ1v) is 10.3. The number of amides is 2. The Hall–Kier alpha value is -2.32. The van der Waals surface area contributed by atoms with Gasteiger partial charge < -0.3 is 10.6 Å². The Morgan fingerprint density at radius 3 is 2.64 bits per heavy atom. The van der Waals surface area contributed by atoms with Crippen molar-refractivity contribution < 1.29 is 14.0 Å². The van der Waals surface area contributed by atoms with Gasteiger partial charge in [0.2, 0.25) is 5.91 Å². The number of hydrogen-bond acceptors (Lipinski definition) is 5. The van der Waals surface area contributed by atoms with E-state index in [1.54, 1.807) is 0 Å². The number of hydrogen-bond donors (Lipinski definition) is 2. The number of halogens is 1. The molecule has 150 valence electrons. The molecule has 6 nitrogen and oxygen atoms in total. The summed E-state index contributed by atoms with van der Waals surface area (Å²) in [4.78, 5) is 33.3. The van der Waals surface area contributed by atoms with Gasteiger partial charge in [-0.2, -0.15) is 0 Å². The molecule has 8 heteroatoms. The highest BCUT2D eigenvalue weighted by molar-refractivity contribution is 7.15. The van der Waals surface area contributed by atoms with Crippen LogP contribution in [0.4, 0.5) is 9.52 Å². The van der Waals surface area contributed by atoms with Crippen LogP contribution in [-0.4, -0.2) is 40.8 Å². The summed E-state index contributed by atoms with van der Waals surface area (Å²) in [6, 6.07) is 4.52. The van der Waals surface area contributed by atoms with E-state index in [9.17, 15) is 14.0 Å². The highest BCUT2D eigenvalue weighted by Crippen LogP contribution is 2.28. The van der Waals surface area contributed by atoms with Crippen molar-refractivity contribution >= 4 is 28.3 Å². The minimum atomic E-state index is -0.717. The Balaban J connectivity index is 1.67. The zero-order valence-electron chi connectivity index (χ0n) is 16.3. The van der Waals surface area contributed by atoms with Crippen LogP contribution in [0.1, 0.15) is 41.7 Å². The SMILES string of the molecule is CCN1CCc2nc(NC(=O)C(NC(=O)c3ccc(F)cc3)C(C)C)sc2C1. The van der Waals surface area contributed by atoms with E-state index in [0.717, 1.165) is 31.7 Å². The molecule has 2 N–H and O–H groups in total. The molecule has 0 saturated heterocycles. The molecule has 0 fully saturated rings. The van der Waals surface area contributed by atoms with E-state index >= 15 is 0 Å². The van der Waals surface area contributed by atoms with Crippen LogP contribution in [0.25, 0.3) is 0 Å². The normalized spacial score (nSPS) is 15.2. The number of aromatic nitrogens is 1. The van der Waals surface area contributed by atoms with Crippen molar-refractivity contribution in [2.45, 2.75) is 39.8 Å². The quantitative estimate of drug-likeness (QED) is 0.776. The molecule has 3 rings (SSSR count). The molecule has 2 amide bonds. The van der Waals surface area contributed by atoms with Gasteiger partial charge in [-0.1, -0.05) is 20.8 Å². The fraction of sp³-hybridized carbons (Fsp3) is 0.450. The average molecular weight is 405 g/mol. The van der Waals surface area contributed by atoms with Crippen molar-refractivity contribution in [1.29, 1.82) is 0 Å². The van der Waals surface area contributed by atoms with E-state index in [1.807, 2.05) is 13.8 Å². The second-order valence-electron chi connectivity index (χ2n) is 7.20. The molecule has 1 aromatic heterocycles. The molecule has 1 unspecified atom stereocenters. The van der Waals surface area contributed by atoms with Crippen molar-refractivity contribution in [2.24, 2.45) is 5.92 Å². The van der Waals surface area contributed by atoms with Crippen molar-refractivity contribution in [3.63, 3.8) is 0 Å². The van der Waals surface area contributed by atoms with E-state index in [0.29, 0.717) is 10.7 Å². The molecule has 2 heterocycles. The summed E-state index contributed by atoms with van der Waals surface area (Å²) in [5, 5.41) is 6.16. The number of carbonyl (C=O) groups excluding carboxylic acids is 2. The second kappa shape index (κ2) is 8.79. The summed E-state index contributed by atoms with van der Waals surface area (Å²) < 4.78 is 13.1. The topological polar surface area (TPSA) is 74.3 Å². The number of rotatable bonds is 6. The van der Waals surface area contributed by atoms with E-state index in [2.05, 4.69) is 27.4 Å². The highest BCUT2D eigenvalue weighted by Gasteiger charge is 2.27. The lowest BCUT2D eigenvalue weighted by Crippen LogP contribution is -2.47. The van der Waals surface area contributed by atoms with Gasteiger partial charge in [0.05, 0.1) is 5.69 Å². The maximum absolute atomic E-state index is 13.1. The molecular weight excluding hydrogens is 379 g/mol. The standard InChI is InChI=1S/C20H25FN4O2S/c1-4-25-10-9-15-16(11-25)28-20(22-15)24-19(27)17(12(2)3)23-18(26)13-5-7-14(21)8-6-13/h5-8,12,17H,4,9-11H2,1-3H3,(H,23,26)(H,22,24,27). The van der Waals surface area contributed by atoms with Gasteiger partial charge >= 0.3 is 0 Å². The molecule has 2 aromatic rings. The van der Waals surface area contributed by atoms with Gasteiger partial charge in [0, 0.05) is 30.0 Å². The first-order chi connectivity index (χ1) is 13.4. The average Bonchev–Trinajstić information content (AvgIpc) is 3.07. The number of nitrogens with zero attached hydrogens (tertiary/aromatic N) is 2. The van der Waals surface area contributed by atoms with Crippen LogP contribution in [0.15, 0.2) is 24.3 Å². The van der Waals surface area contributed by atoms with Gasteiger partial charge in [-0.25, -0.2) is 9.37 Å². The summed E-state index contributed by atoms with van der Waals surface area (Å²) in [5.41, 5.74) is 1.35. The van der Waals surface area contributed by atoms with Crippen molar-refractivity contribution in [2.75, 3.05) is 18.4 Å². The van der Waals surface area contributed by atoms with E-state index in [-0.39, 0.29) is 11.8 Å². The summed E-state index contributed by atoms with van der Waals surface area (Å²) in [5.74, 6) is -1.24. The first kappa shape index (κ1) is 20.4. The van der Waals surface area contributed by atoms with Crippen LogP contribution >= 0.6 is 11.3 Å². The fourth-order valence-electron chi connectivity index (χ4n) is 3.12. The predicted molar refractivity (Wildman–Crippen MR) is 108 cm³/mol. The Morgan fingerprint density at radius 2 is 2.00 bits per heavy atom. The molecular formula is C20H25FN4O2S. The molecule has 0 bridgehead atoms. The van der Waals surface area contributed by atoms with Gasteiger partial charge in [-0.05, 0) is 36.7 Å².